The Bertz CT molecular complexity index is 934. The van der Waals surface area contributed by atoms with E-state index < -0.39 is 0 Å². The first-order chi connectivity index (χ1) is 13.1. The highest BCUT2D eigenvalue weighted by molar-refractivity contribution is 5.50. The molecule has 4 rings (SSSR count). The summed E-state index contributed by atoms with van der Waals surface area (Å²) in [5, 5.41) is 4.73. The molecule has 3 aromatic rings. The lowest BCUT2D eigenvalue weighted by atomic mass is 9.92. The predicted octanol–water partition coefficient (Wildman–Crippen LogP) is 3.62. The topological polar surface area (TPSA) is 48.1 Å². The number of imidazole rings is 1. The van der Waals surface area contributed by atoms with Crippen molar-refractivity contribution in [2.24, 2.45) is 7.05 Å². The lowest BCUT2D eigenvalue weighted by Crippen LogP contribution is -2.34. The lowest BCUT2D eigenvalue weighted by molar-refractivity contribution is 0.414. The maximum absolute atomic E-state index is 5.38. The molecule has 0 bridgehead atoms. The van der Waals surface area contributed by atoms with Crippen LogP contribution in [0.25, 0.3) is 5.69 Å². The van der Waals surface area contributed by atoms with Crippen LogP contribution in [0.15, 0.2) is 36.7 Å². The van der Waals surface area contributed by atoms with Gasteiger partial charge < -0.3 is 14.2 Å². The van der Waals surface area contributed by atoms with Gasteiger partial charge in [-0.15, -0.1) is 0 Å². The van der Waals surface area contributed by atoms with Crippen molar-refractivity contribution in [3.8, 4) is 11.4 Å². The highest BCUT2D eigenvalue weighted by atomic mass is 16.5. The maximum Gasteiger partial charge on any atom is 0.132 e. The number of rotatable bonds is 4. The van der Waals surface area contributed by atoms with E-state index in [0.29, 0.717) is 5.92 Å². The number of hydrogen-bond acceptors (Lipinski definition) is 4. The van der Waals surface area contributed by atoms with E-state index in [0.717, 1.165) is 48.9 Å². The zero-order valence-electron chi connectivity index (χ0n) is 16.5. The highest BCUT2D eigenvalue weighted by Crippen LogP contribution is 2.32. The Morgan fingerprint density at radius 3 is 2.56 bits per heavy atom. The molecule has 0 unspecified atom stereocenters. The molecular formula is C21H27N5O. The van der Waals surface area contributed by atoms with Crippen LogP contribution in [0, 0.1) is 13.8 Å². The summed E-state index contributed by atoms with van der Waals surface area (Å²) < 4.78 is 9.53. The molecule has 0 N–H and O–H groups in total. The van der Waals surface area contributed by atoms with Crippen LogP contribution in [0.5, 0.6) is 5.75 Å². The van der Waals surface area contributed by atoms with Gasteiger partial charge in [-0.2, -0.15) is 5.10 Å². The predicted molar refractivity (Wildman–Crippen MR) is 107 cm³/mol. The van der Waals surface area contributed by atoms with Crippen LogP contribution in [-0.4, -0.2) is 39.5 Å². The fourth-order valence-corrected chi connectivity index (χ4v) is 3.94. The third kappa shape index (κ3) is 3.31. The summed E-state index contributed by atoms with van der Waals surface area (Å²) in [6.07, 6.45) is 4.15. The lowest BCUT2D eigenvalue weighted by Gasteiger charge is -2.33. The van der Waals surface area contributed by atoms with Gasteiger partial charge in [0.25, 0.3) is 0 Å². The molecule has 0 spiro atoms. The zero-order chi connectivity index (χ0) is 19.0. The van der Waals surface area contributed by atoms with Crippen molar-refractivity contribution in [1.82, 2.24) is 19.3 Å². The summed E-state index contributed by atoms with van der Waals surface area (Å²) in [6.45, 7) is 6.23. The van der Waals surface area contributed by atoms with Gasteiger partial charge in [-0.3, -0.25) is 0 Å². The number of aromatic nitrogens is 4. The third-order valence-electron chi connectivity index (χ3n) is 5.59. The number of nitrogens with zero attached hydrogens (tertiary/aromatic N) is 5. The molecule has 1 aliphatic rings. The normalized spacial score (nSPS) is 15.3. The van der Waals surface area contributed by atoms with Crippen molar-refractivity contribution in [2.75, 3.05) is 25.1 Å². The fraction of sp³-hybridized carbons (Fsp3) is 0.429. The van der Waals surface area contributed by atoms with Crippen molar-refractivity contribution >= 4 is 5.82 Å². The molecule has 27 heavy (non-hydrogen) atoms. The summed E-state index contributed by atoms with van der Waals surface area (Å²) in [4.78, 5) is 7.08. The molecule has 1 saturated heterocycles. The average molecular weight is 365 g/mol. The summed E-state index contributed by atoms with van der Waals surface area (Å²) in [6, 6.07) is 10.2. The van der Waals surface area contributed by atoms with Gasteiger partial charge >= 0.3 is 0 Å². The van der Waals surface area contributed by atoms with Gasteiger partial charge in [-0.1, -0.05) is 6.07 Å². The van der Waals surface area contributed by atoms with Gasteiger partial charge in [-0.05, 0) is 38.8 Å². The molecule has 6 heteroatoms. The van der Waals surface area contributed by atoms with Crippen LogP contribution in [0.4, 0.5) is 5.82 Å². The Morgan fingerprint density at radius 2 is 1.89 bits per heavy atom. The van der Waals surface area contributed by atoms with Crippen molar-refractivity contribution in [3.05, 3.63) is 53.7 Å². The maximum atomic E-state index is 5.38. The molecule has 0 amide bonds. The minimum atomic E-state index is 0.539. The second-order valence-corrected chi connectivity index (χ2v) is 7.34. The van der Waals surface area contributed by atoms with E-state index in [1.807, 2.05) is 36.1 Å². The van der Waals surface area contributed by atoms with Crippen LogP contribution in [0.1, 0.15) is 35.8 Å². The van der Waals surface area contributed by atoms with E-state index in [1.54, 1.807) is 7.11 Å². The minimum Gasteiger partial charge on any atom is -0.497 e. The van der Waals surface area contributed by atoms with Crippen LogP contribution >= 0.6 is 0 Å². The highest BCUT2D eigenvalue weighted by Gasteiger charge is 2.26. The van der Waals surface area contributed by atoms with E-state index in [4.69, 9.17) is 9.84 Å². The van der Waals surface area contributed by atoms with Gasteiger partial charge in [0.1, 0.15) is 11.6 Å². The van der Waals surface area contributed by atoms with E-state index in [-0.39, 0.29) is 0 Å². The molecule has 0 atom stereocenters. The SMILES string of the molecule is COc1cccc(-n2nc(C)cc2N2CCC(c3ncn(C)c3C)CC2)c1. The molecule has 1 aromatic carbocycles. The van der Waals surface area contributed by atoms with E-state index in [1.165, 1.54) is 11.4 Å². The van der Waals surface area contributed by atoms with Crippen molar-refractivity contribution in [1.29, 1.82) is 0 Å². The molecular weight excluding hydrogens is 338 g/mol. The molecule has 1 aliphatic heterocycles. The van der Waals surface area contributed by atoms with Gasteiger partial charge in [-0.25, -0.2) is 9.67 Å². The van der Waals surface area contributed by atoms with Crippen LogP contribution in [0.3, 0.4) is 0 Å². The monoisotopic (exact) mass is 365 g/mol. The average Bonchev–Trinajstić information content (AvgIpc) is 3.25. The molecule has 0 radical (unpaired) electrons. The Labute approximate surface area is 160 Å². The Balaban J connectivity index is 1.56. The van der Waals surface area contributed by atoms with Crippen molar-refractivity contribution < 1.29 is 4.74 Å². The molecule has 142 valence electrons. The number of aryl methyl sites for hydroxylation is 2. The van der Waals surface area contributed by atoms with Gasteiger partial charge in [0.15, 0.2) is 0 Å². The number of piperidine rings is 1. The smallest absolute Gasteiger partial charge is 0.132 e. The Kier molecular flexibility index (Phi) is 4.64. The molecule has 6 nitrogen and oxygen atoms in total. The number of hydrogen-bond donors (Lipinski definition) is 0. The second kappa shape index (κ2) is 7.10. The standard InChI is InChI=1S/C21H27N5O/c1-15-12-20(26(23-15)18-6-5-7-19(13-18)27-4)25-10-8-17(9-11-25)21-16(2)24(3)14-22-21/h5-7,12-14,17H,8-11H2,1-4H3. The summed E-state index contributed by atoms with van der Waals surface area (Å²) >= 11 is 0. The van der Waals surface area contributed by atoms with Gasteiger partial charge in [0.05, 0.1) is 30.5 Å². The number of anilines is 1. The van der Waals surface area contributed by atoms with Crippen molar-refractivity contribution in [2.45, 2.75) is 32.6 Å². The molecule has 0 aliphatic carbocycles. The van der Waals surface area contributed by atoms with Crippen LogP contribution in [0.2, 0.25) is 0 Å². The van der Waals surface area contributed by atoms with Crippen molar-refractivity contribution in [3.63, 3.8) is 0 Å². The summed E-state index contributed by atoms with van der Waals surface area (Å²) in [5.74, 6) is 2.53. The van der Waals surface area contributed by atoms with Crippen LogP contribution in [-0.2, 0) is 7.05 Å². The molecule has 1 fully saturated rings. The number of ether oxygens (including phenoxy) is 1. The van der Waals surface area contributed by atoms with E-state index >= 15 is 0 Å². The summed E-state index contributed by atoms with van der Waals surface area (Å²) in [5.41, 5.74) is 4.59. The minimum absolute atomic E-state index is 0.539. The van der Waals surface area contributed by atoms with E-state index in [2.05, 4.69) is 40.6 Å². The number of methoxy groups -OCH3 is 1. The van der Waals surface area contributed by atoms with Crippen LogP contribution < -0.4 is 9.64 Å². The third-order valence-corrected chi connectivity index (χ3v) is 5.59. The van der Waals surface area contributed by atoms with Gasteiger partial charge in [0.2, 0.25) is 0 Å². The summed E-state index contributed by atoms with van der Waals surface area (Å²) in [7, 11) is 3.76. The van der Waals surface area contributed by atoms with E-state index in [9.17, 15) is 0 Å². The molecule has 2 aromatic heterocycles. The fourth-order valence-electron chi connectivity index (χ4n) is 3.94. The van der Waals surface area contributed by atoms with Gasteiger partial charge in [0, 0.05) is 43.9 Å². The Morgan fingerprint density at radius 1 is 1.11 bits per heavy atom. The second-order valence-electron chi connectivity index (χ2n) is 7.34. The largest absolute Gasteiger partial charge is 0.497 e. The molecule has 3 heterocycles. The first kappa shape index (κ1) is 17.6. The quantitative estimate of drug-likeness (QED) is 0.709. The number of benzene rings is 1. The first-order valence-corrected chi connectivity index (χ1v) is 9.50. The first-order valence-electron chi connectivity index (χ1n) is 9.50. The molecule has 0 saturated carbocycles. The Hall–Kier alpha value is -2.76. The zero-order valence-corrected chi connectivity index (χ0v) is 16.5.